The fourth-order valence-electron chi connectivity index (χ4n) is 3.64. The summed E-state index contributed by atoms with van der Waals surface area (Å²) in [6.07, 6.45) is 0.320. The number of carbonyl (C=O) groups excluding carboxylic acids is 1. The Morgan fingerprint density at radius 1 is 1.14 bits per heavy atom. The van der Waals surface area contributed by atoms with Crippen molar-refractivity contribution in [3.05, 3.63) is 66.7 Å². The van der Waals surface area contributed by atoms with Crippen LogP contribution >= 0.6 is 0 Å². The fourth-order valence-corrected chi connectivity index (χ4v) is 3.64. The Labute approximate surface area is 172 Å². The van der Waals surface area contributed by atoms with E-state index in [4.69, 9.17) is 9.47 Å². The minimum atomic E-state index is -0.476. The molecule has 0 aliphatic rings. The van der Waals surface area contributed by atoms with E-state index in [1.165, 1.54) is 10.9 Å². The number of para-hydroxylation sites is 1. The lowest BCUT2D eigenvalue weighted by atomic mass is 10.0. The average Bonchev–Trinajstić information content (AvgIpc) is 2.98. The first-order valence-electron chi connectivity index (χ1n) is 9.87. The Bertz CT molecular complexity index is 1030. The van der Waals surface area contributed by atoms with Crippen molar-refractivity contribution in [2.24, 2.45) is 7.05 Å². The van der Waals surface area contributed by atoms with Gasteiger partial charge in [-0.1, -0.05) is 24.8 Å². The van der Waals surface area contributed by atoms with Gasteiger partial charge in [0.25, 0.3) is 0 Å². The van der Waals surface area contributed by atoms with E-state index in [2.05, 4.69) is 60.7 Å². The van der Waals surface area contributed by atoms with Crippen LogP contribution in [-0.2, 0) is 16.6 Å². The highest BCUT2D eigenvalue weighted by molar-refractivity contribution is 5.87. The predicted octanol–water partition coefficient (Wildman–Crippen LogP) is 5.90. The van der Waals surface area contributed by atoms with Crippen molar-refractivity contribution in [3.8, 4) is 17.0 Å². The zero-order valence-electron chi connectivity index (χ0n) is 17.9. The molecule has 1 aromatic heterocycles. The van der Waals surface area contributed by atoms with Crippen LogP contribution in [0.4, 0.5) is 0 Å². The molecule has 0 aliphatic heterocycles. The summed E-state index contributed by atoms with van der Waals surface area (Å²) in [7, 11) is 2.08. The summed E-state index contributed by atoms with van der Waals surface area (Å²) < 4.78 is 13.8. The molecule has 4 nitrogen and oxygen atoms in total. The van der Waals surface area contributed by atoms with Crippen molar-refractivity contribution >= 4 is 16.9 Å². The SMILES string of the molecule is C=C(C)C(=O)OC(C)CC(C)(C)Oc1ccc(-c2cc3ccccc3n2C)cc1. The highest BCUT2D eigenvalue weighted by Crippen LogP contribution is 2.30. The average molecular weight is 392 g/mol. The first kappa shape index (κ1) is 20.7. The van der Waals surface area contributed by atoms with E-state index in [1.54, 1.807) is 6.92 Å². The van der Waals surface area contributed by atoms with Crippen LogP contribution in [0.2, 0.25) is 0 Å². The second kappa shape index (κ2) is 8.16. The van der Waals surface area contributed by atoms with Gasteiger partial charge in [-0.05, 0) is 69.7 Å². The maximum absolute atomic E-state index is 11.7. The molecule has 29 heavy (non-hydrogen) atoms. The van der Waals surface area contributed by atoms with Gasteiger partial charge in [0.15, 0.2) is 0 Å². The van der Waals surface area contributed by atoms with Gasteiger partial charge in [0.05, 0.1) is 0 Å². The van der Waals surface area contributed by atoms with Gasteiger partial charge in [-0.2, -0.15) is 0 Å². The van der Waals surface area contributed by atoms with Gasteiger partial charge in [-0.15, -0.1) is 0 Å². The number of ether oxygens (including phenoxy) is 2. The van der Waals surface area contributed by atoms with E-state index in [-0.39, 0.29) is 12.1 Å². The van der Waals surface area contributed by atoms with Crippen molar-refractivity contribution < 1.29 is 14.3 Å². The molecule has 0 amide bonds. The van der Waals surface area contributed by atoms with Gasteiger partial charge >= 0.3 is 5.97 Å². The maximum atomic E-state index is 11.7. The highest BCUT2D eigenvalue weighted by Gasteiger charge is 2.25. The van der Waals surface area contributed by atoms with E-state index in [9.17, 15) is 4.79 Å². The third-order valence-corrected chi connectivity index (χ3v) is 4.93. The lowest BCUT2D eigenvalue weighted by Crippen LogP contribution is -2.34. The molecule has 152 valence electrons. The van der Waals surface area contributed by atoms with Crippen molar-refractivity contribution in [3.63, 3.8) is 0 Å². The van der Waals surface area contributed by atoms with E-state index in [1.807, 2.05) is 32.9 Å². The molecule has 1 atom stereocenters. The largest absolute Gasteiger partial charge is 0.488 e. The zero-order chi connectivity index (χ0) is 21.2. The quantitative estimate of drug-likeness (QED) is 0.372. The van der Waals surface area contributed by atoms with Crippen molar-refractivity contribution in [1.82, 2.24) is 4.57 Å². The molecular formula is C25H29NO3. The van der Waals surface area contributed by atoms with Gasteiger partial charge in [-0.3, -0.25) is 0 Å². The molecule has 2 aromatic carbocycles. The summed E-state index contributed by atoms with van der Waals surface area (Å²) in [6.45, 7) is 11.1. The smallest absolute Gasteiger partial charge is 0.333 e. The standard InChI is InChI=1S/C25H29NO3/c1-17(2)24(27)28-18(3)16-25(4,5)29-21-13-11-19(12-14-21)23-15-20-9-7-8-10-22(20)26(23)6/h7-15,18H,1,16H2,2-6H3. The van der Waals surface area contributed by atoms with Gasteiger partial charge in [-0.25, -0.2) is 4.79 Å². The van der Waals surface area contributed by atoms with Crippen LogP contribution < -0.4 is 4.74 Å². The molecule has 0 radical (unpaired) electrons. The van der Waals surface area contributed by atoms with Gasteiger partial charge in [0, 0.05) is 35.6 Å². The molecule has 0 spiro atoms. The fraction of sp³-hybridized carbons (Fsp3) is 0.320. The summed E-state index contributed by atoms with van der Waals surface area (Å²) >= 11 is 0. The van der Waals surface area contributed by atoms with Crippen LogP contribution in [0.15, 0.2) is 66.7 Å². The highest BCUT2D eigenvalue weighted by atomic mass is 16.5. The van der Waals surface area contributed by atoms with Crippen LogP contribution in [0.1, 0.15) is 34.1 Å². The van der Waals surface area contributed by atoms with Crippen LogP contribution in [-0.4, -0.2) is 22.2 Å². The molecular weight excluding hydrogens is 362 g/mol. The first-order chi connectivity index (χ1) is 13.7. The number of nitrogens with zero attached hydrogens (tertiary/aromatic N) is 1. The Kier molecular flexibility index (Phi) is 5.83. The Morgan fingerprint density at radius 3 is 2.41 bits per heavy atom. The molecule has 3 aromatic rings. The topological polar surface area (TPSA) is 40.5 Å². The molecule has 1 unspecified atom stereocenters. The number of rotatable bonds is 7. The number of hydrogen-bond acceptors (Lipinski definition) is 3. The van der Waals surface area contributed by atoms with Crippen molar-refractivity contribution in [1.29, 1.82) is 0 Å². The summed E-state index contributed by atoms with van der Waals surface area (Å²) in [5.41, 5.74) is 3.44. The molecule has 0 N–H and O–H groups in total. The Balaban J connectivity index is 1.70. The maximum Gasteiger partial charge on any atom is 0.333 e. The molecule has 0 fully saturated rings. The normalized spacial score (nSPS) is 12.6. The van der Waals surface area contributed by atoms with Crippen molar-refractivity contribution in [2.75, 3.05) is 0 Å². The number of esters is 1. The number of aryl methyl sites for hydroxylation is 1. The third-order valence-electron chi connectivity index (χ3n) is 4.93. The minimum Gasteiger partial charge on any atom is -0.488 e. The molecule has 0 aliphatic carbocycles. The van der Waals surface area contributed by atoms with Crippen molar-refractivity contribution in [2.45, 2.75) is 45.8 Å². The number of benzene rings is 2. The summed E-state index contributed by atoms with van der Waals surface area (Å²) in [4.78, 5) is 11.7. The van der Waals surface area contributed by atoms with Crippen LogP contribution in [0.25, 0.3) is 22.2 Å². The number of fused-ring (bicyclic) bond motifs is 1. The minimum absolute atomic E-state index is 0.260. The number of carbonyl (C=O) groups is 1. The molecule has 3 rings (SSSR count). The summed E-state index contributed by atoms with van der Waals surface area (Å²) in [6, 6.07) is 18.7. The lowest BCUT2D eigenvalue weighted by Gasteiger charge is -2.29. The molecule has 0 saturated carbocycles. The zero-order valence-corrected chi connectivity index (χ0v) is 17.9. The second-order valence-corrected chi connectivity index (χ2v) is 8.23. The number of aromatic nitrogens is 1. The van der Waals surface area contributed by atoms with E-state index >= 15 is 0 Å². The van der Waals surface area contributed by atoms with Gasteiger partial charge in [0.2, 0.25) is 0 Å². The second-order valence-electron chi connectivity index (χ2n) is 8.23. The van der Waals surface area contributed by atoms with E-state index in [0.717, 1.165) is 17.0 Å². The van der Waals surface area contributed by atoms with E-state index < -0.39 is 5.60 Å². The Hall–Kier alpha value is -3.01. The number of hydrogen-bond donors (Lipinski definition) is 0. The molecule has 4 heteroatoms. The van der Waals surface area contributed by atoms with Gasteiger partial charge < -0.3 is 14.0 Å². The summed E-state index contributed by atoms with van der Waals surface area (Å²) in [5.74, 6) is 0.420. The Morgan fingerprint density at radius 2 is 1.79 bits per heavy atom. The molecule has 0 bridgehead atoms. The molecule has 1 heterocycles. The summed E-state index contributed by atoms with van der Waals surface area (Å²) in [5, 5.41) is 1.23. The lowest BCUT2D eigenvalue weighted by molar-refractivity contribution is -0.145. The monoisotopic (exact) mass is 391 g/mol. The van der Waals surface area contributed by atoms with Crippen LogP contribution in [0, 0.1) is 0 Å². The van der Waals surface area contributed by atoms with Gasteiger partial charge in [0.1, 0.15) is 17.5 Å². The van der Waals surface area contributed by atoms with Crippen LogP contribution in [0.5, 0.6) is 5.75 Å². The molecule has 0 saturated heterocycles. The first-order valence-corrected chi connectivity index (χ1v) is 9.87. The van der Waals surface area contributed by atoms with E-state index in [0.29, 0.717) is 12.0 Å². The third kappa shape index (κ3) is 4.89. The predicted molar refractivity (Wildman–Crippen MR) is 118 cm³/mol. The van der Waals surface area contributed by atoms with Crippen LogP contribution in [0.3, 0.4) is 0 Å².